The summed E-state index contributed by atoms with van der Waals surface area (Å²) < 4.78 is 29.3. The maximum atomic E-state index is 11.3. The molecular formula is C8H18N2O4S. The molecule has 2 N–H and O–H groups in total. The van der Waals surface area contributed by atoms with Crippen LogP contribution in [0.5, 0.6) is 0 Å². The lowest BCUT2D eigenvalue weighted by Crippen LogP contribution is -2.29. The molecule has 0 aromatic rings. The van der Waals surface area contributed by atoms with Crippen molar-refractivity contribution in [1.82, 2.24) is 10.0 Å². The molecule has 0 fully saturated rings. The largest absolute Gasteiger partial charge is 0.469 e. The Labute approximate surface area is 90.4 Å². The van der Waals surface area contributed by atoms with Gasteiger partial charge in [-0.2, -0.15) is 0 Å². The van der Waals surface area contributed by atoms with Gasteiger partial charge in [0.2, 0.25) is 10.0 Å². The topological polar surface area (TPSA) is 84.5 Å². The number of methoxy groups -OCH3 is 1. The normalized spacial score (nSPS) is 11.3. The molecular weight excluding hydrogens is 220 g/mol. The molecule has 0 saturated heterocycles. The third kappa shape index (κ3) is 8.34. The Bertz CT molecular complexity index is 276. The lowest BCUT2D eigenvalue weighted by Gasteiger charge is -2.05. The molecule has 0 spiro atoms. The maximum absolute atomic E-state index is 11.3. The van der Waals surface area contributed by atoms with E-state index in [4.69, 9.17) is 0 Å². The smallest absolute Gasteiger partial charge is 0.306 e. The summed E-state index contributed by atoms with van der Waals surface area (Å²) in [6.07, 6.45) is 0.603. The highest BCUT2D eigenvalue weighted by atomic mass is 32.2. The summed E-state index contributed by atoms with van der Waals surface area (Å²) in [7, 11) is -0.317. The molecule has 0 aliphatic heterocycles. The van der Waals surface area contributed by atoms with Gasteiger partial charge in [-0.05, 0) is 20.0 Å². The van der Waals surface area contributed by atoms with E-state index in [1.807, 2.05) is 0 Å². The molecule has 0 rings (SSSR count). The van der Waals surface area contributed by atoms with Gasteiger partial charge in [0.05, 0.1) is 19.3 Å². The molecule has 0 unspecified atom stereocenters. The molecule has 0 radical (unpaired) electrons. The summed E-state index contributed by atoms with van der Waals surface area (Å²) in [5.41, 5.74) is 0. The van der Waals surface area contributed by atoms with Crippen molar-refractivity contribution >= 4 is 16.0 Å². The van der Waals surface area contributed by atoms with Crippen LogP contribution < -0.4 is 10.0 Å². The van der Waals surface area contributed by atoms with E-state index < -0.39 is 16.0 Å². The molecule has 0 aliphatic carbocycles. The number of carbonyl (C=O) groups excluding carboxylic acids is 1. The first-order valence-corrected chi connectivity index (χ1v) is 6.36. The van der Waals surface area contributed by atoms with Gasteiger partial charge in [0.1, 0.15) is 0 Å². The van der Waals surface area contributed by atoms with Crippen molar-refractivity contribution < 1.29 is 17.9 Å². The summed E-state index contributed by atoms with van der Waals surface area (Å²) >= 11 is 0. The highest BCUT2D eigenvalue weighted by Gasteiger charge is 2.12. The molecule has 0 aliphatic rings. The molecule has 90 valence electrons. The van der Waals surface area contributed by atoms with Crippen molar-refractivity contribution in [2.45, 2.75) is 12.8 Å². The first-order valence-electron chi connectivity index (χ1n) is 4.70. The quantitative estimate of drug-likeness (QED) is 0.422. The molecule has 0 atom stereocenters. The van der Waals surface area contributed by atoms with Crippen molar-refractivity contribution in [2.24, 2.45) is 0 Å². The Balaban J connectivity index is 3.73. The minimum atomic E-state index is -3.35. The van der Waals surface area contributed by atoms with Crippen molar-refractivity contribution in [1.29, 1.82) is 0 Å². The van der Waals surface area contributed by atoms with E-state index in [-0.39, 0.29) is 12.2 Å². The van der Waals surface area contributed by atoms with Crippen molar-refractivity contribution in [3.8, 4) is 0 Å². The Morgan fingerprint density at radius 1 is 1.33 bits per heavy atom. The number of hydrogen-bond donors (Lipinski definition) is 2. The number of nitrogens with one attached hydrogen (secondary N) is 2. The highest BCUT2D eigenvalue weighted by Crippen LogP contribution is 1.92. The van der Waals surface area contributed by atoms with Gasteiger partial charge in [-0.3, -0.25) is 4.79 Å². The first kappa shape index (κ1) is 14.3. The zero-order valence-corrected chi connectivity index (χ0v) is 9.89. The van der Waals surface area contributed by atoms with Crippen molar-refractivity contribution in [3.63, 3.8) is 0 Å². The molecule has 15 heavy (non-hydrogen) atoms. The van der Waals surface area contributed by atoms with Gasteiger partial charge >= 0.3 is 5.97 Å². The summed E-state index contributed by atoms with van der Waals surface area (Å²) in [6.45, 7) is 1.13. The minimum absolute atomic E-state index is 0.113. The molecule has 0 saturated carbocycles. The van der Waals surface area contributed by atoms with E-state index in [0.717, 1.165) is 6.54 Å². The van der Waals surface area contributed by atoms with Crippen LogP contribution >= 0.6 is 0 Å². The van der Waals surface area contributed by atoms with Gasteiger partial charge in [-0.1, -0.05) is 0 Å². The van der Waals surface area contributed by atoms with Crippen LogP contribution in [-0.2, 0) is 19.6 Å². The fraction of sp³-hybridized carbons (Fsp3) is 0.875. The minimum Gasteiger partial charge on any atom is -0.469 e. The zero-order chi connectivity index (χ0) is 11.7. The van der Waals surface area contributed by atoms with Crippen molar-refractivity contribution in [3.05, 3.63) is 0 Å². The monoisotopic (exact) mass is 238 g/mol. The predicted octanol–water partition coefficient (Wildman–Crippen LogP) is -0.922. The molecule has 0 aromatic carbocycles. The molecule has 6 nitrogen and oxygen atoms in total. The van der Waals surface area contributed by atoms with E-state index in [0.29, 0.717) is 13.0 Å². The van der Waals surface area contributed by atoms with Crippen LogP contribution in [0.2, 0.25) is 0 Å². The van der Waals surface area contributed by atoms with Gasteiger partial charge in [0.25, 0.3) is 0 Å². The van der Waals surface area contributed by atoms with Gasteiger partial charge < -0.3 is 10.1 Å². The number of sulfonamides is 1. The SMILES string of the molecule is CNCCCNS(=O)(=O)CCC(=O)OC. The molecule has 0 amide bonds. The molecule has 7 heteroatoms. The second-order valence-corrected chi connectivity index (χ2v) is 4.92. The van der Waals surface area contributed by atoms with E-state index in [1.165, 1.54) is 7.11 Å². The Morgan fingerprint density at radius 2 is 2.00 bits per heavy atom. The Kier molecular flexibility index (Phi) is 7.27. The zero-order valence-electron chi connectivity index (χ0n) is 9.08. The summed E-state index contributed by atoms with van der Waals surface area (Å²) in [5, 5.41) is 2.90. The summed E-state index contributed by atoms with van der Waals surface area (Å²) in [6, 6.07) is 0. The molecule has 0 heterocycles. The highest BCUT2D eigenvalue weighted by molar-refractivity contribution is 7.89. The van der Waals surface area contributed by atoms with Crippen LogP contribution in [0.25, 0.3) is 0 Å². The number of rotatable bonds is 8. The van der Waals surface area contributed by atoms with Crippen LogP contribution in [0.4, 0.5) is 0 Å². The van der Waals surface area contributed by atoms with Gasteiger partial charge in [-0.25, -0.2) is 13.1 Å². The third-order valence-corrected chi connectivity index (χ3v) is 3.11. The second kappa shape index (κ2) is 7.61. The number of hydrogen-bond acceptors (Lipinski definition) is 5. The Morgan fingerprint density at radius 3 is 2.53 bits per heavy atom. The predicted molar refractivity (Wildman–Crippen MR) is 57.0 cm³/mol. The third-order valence-electron chi connectivity index (χ3n) is 1.73. The number of ether oxygens (including phenoxy) is 1. The summed E-state index contributed by atoms with van der Waals surface area (Å²) in [4.78, 5) is 10.7. The number of esters is 1. The van der Waals surface area contributed by atoms with Crippen LogP contribution in [-0.4, -0.2) is 47.4 Å². The van der Waals surface area contributed by atoms with Crippen LogP contribution in [0.15, 0.2) is 0 Å². The second-order valence-electron chi connectivity index (χ2n) is 3.00. The van der Waals surface area contributed by atoms with Crippen LogP contribution in [0, 0.1) is 0 Å². The Hall–Kier alpha value is -0.660. The van der Waals surface area contributed by atoms with E-state index in [1.54, 1.807) is 7.05 Å². The van der Waals surface area contributed by atoms with Crippen LogP contribution in [0.3, 0.4) is 0 Å². The van der Waals surface area contributed by atoms with E-state index in [2.05, 4.69) is 14.8 Å². The lowest BCUT2D eigenvalue weighted by atomic mass is 10.4. The van der Waals surface area contributed by atoms with Gasteiger partial charge in [0, 0.05) is 6.54 Å². The fourth-order valence-corrected chi connectivity index (χ4v) is 1.92. The average Bonchev–Trinajstić information content (AvgIpc) is 2.21. The fourth-order valence-electron chi connectivity index (χ4n) is 0.885. The van der Waals surface area contributed by atoms with Gasteiger partial charge in [0.15, 0.2) is 0 Å². The van der Waals surface area contributed by atoms with Crippen molar-refractivity contribution in [2.75, 3.05) is 33.0 Å². The number of carbonyl (C=O) groups is 1. The summed E-state index contributed by atoms with van der Waals surface area (Å²) in [5.74, 6) is -0.741. The standard InChI is InChI=1S/C8H18N2O4S/c1-9-5-3-6-10-15(12,13)7-4-8(11)14-2/h9-10H,3-7H2,1-2H3. The maximum Gasteiger partial charge on any atom is 0.306 e. The lowest BCUT2D eigenvalue weighted by molar-refractivity contribution is -0.140. The first-order chi connectivity index (χ1) is 7.02. The van der Waals surface area contributed by atoms with Crippen LogP contribution in [0.1, 0.15) is 12.8 Å². The molecule has 0 bridgehead atoms. The van der Waals surface area contributed by atoms with E-state index >= 15 is 0 Å². The van der Waals surface area contributed by atoms with Gasteiger partial charge in [-0.15, -0.1) is 0 Å². The molecule has 0 aromatic heterocycles. The van der Waals surface area contributed by atoms with E-state index in [9.17, 15) is 13.2 Å². The average molecular weight is 238 g/mol.